The molecule has 4 heteroatoms. The lowest BCUT2D eigenvalue weighted by Crippen LogP contribution is -2.38. The Morgan fingerprint density at radius 2 is 2.16 bits per heavy atom. The van der Waals surface area contributed by atoms with Crippen LogP contribution in [-0.2, 0) is 9.59 Å². The molecule has 2 atom stereocenters. The maximum atomic E-state index is 12.2. The van der Waals surface area contributed by atoms with E-state index in [9.17, 15) is 14.7 Å². The first-order valence-electron chi connectivity index (χ1n) is 6.78. The third-order valence-electron chi connectivity index (χ3n) is 4.25. The molecule has 1 amide bonds. The number of hydrogen-bond acceptors (Lipinski definition) is 2. The second kappa shape index (κ2) is 4.68. The average molecular weight is 259 g/mol. The Morgan fingerprint density at radius 1 is 1.32 bits per heavy atom. The van der Waals surface area contributed by atoms with Crippen molar-refractivity contribution in [1.82, 2.24) is 4.90 Å². The molecule has 3 aliphatic rings. The van der Waals surface area contributed by atoms with Gasteiger partial charge in [-0.3, -0.25) is 9.59 Å². The second-order valence-electron chi connectivity index (χ2n) is 5.36. The molecule has 0 spiro atoms. The average Bonchev–Trinajstić information content (AvgIpc) is 2.57. The number of rotatable bonds is 1. The second-order valence-corrected chi connectivity index (χ2v) is 5.36. The van der Waals surface area contributed by atoms with Gasteiger partial charge < -0.3 is 10.0 Å². The van der Waals surface area contributed by atoms with Crippen LogP contribution in [0, 0.1) is 11.8 Å². The van der Waals surface area contributed by atoms with Crippen LogP contribution in [0.5, 0.6) is 0 Å². The normalized spacial score (nSPS) is 29.9. The van der Waals surface area contributed by atoms with Crippen LogP contribution in [-0.4, -0.2) is 28.4 Å². The number of carboxylic acid groups (broad SMARTS) is 1. The smallest absolute Gasteiger partial charge is 0.306 e. The summed E-state index contributed by atoms with van der Waals surface area (Å²) in [4.78, 5) is 25.2. The third kappa shape index (κ3) is 2.11. The largest absolute Gasteiger partial charge is 0.481 e. The predicted molar refractivity (Wildman–Crippen MR) is 70.1 cm³/mol. The zero-order valence-corrected chi connectivity index (χ0v) is 10.7. The van der Waals surface area contributed by atoms with Gasteiger partial charge in [-0.1, -0.05) is 24.3 Å². The lowest BCUT2D eigenvalue weighted by molar-refractivity contribution is -0.144. The van der Waals surface area contributed by atoms with Crippen LogP contribution in [0.2, 0.25) is 0 Å². The highest BCUT2D eigenvalue weighted by molar-refractivity contribution is 5.80. The number of amides is 1. The van der Waals surface area contributed by atoms with E-state index in [1.807, 2.05) is 23.1 Å². The number of hydrogen-bond donors (Lipinski definition) is 1. The Kier molecular flexibility index (Phi) is 3.01. The van der Waals surface area contributed by atoms with Gasteiger partial charge in [0.15, 0.2) is 0 Å². The van der Waals surface area contributed by atoms with E-state index >= 15 is 0 Å². The Labute approximate surface area is 112 Å². The van der Waals surface area contributed by atoms with Crippen LogP contribution in [0.1, 0.15) is 25.7 Å². The minimum atomic E-state index is -0.753. The maximum Gasteiger partial charge on any atom is 0.306 e. The zero-order valence-electron chi connectivity index (χ0n) is 10.7. The van der Waals surface area contributed by atoms with Crippen molar-refractivity contribution in [2.24, 2.45) is 11.8 Å². The first-order valence-corrected chi connectivity index (χ1v) is 6.78. The van der Waals surface area contributed by atoms with Crippen LogP contribution in [0.3, 0.4) is 0 Å². The van der Waals surface area contributed by atoms with E-state index in [0.717, 1.165) is 17.7 Å². The molecule has 2 aliphatic heterocycles. The molecule has 1 N–H and O–H groups in total. The molecule has 2 unspecified atom stereocenters. The number of piperidine rings is 1. The van der Waals surface area contributed by atoms with E-state index in [-0.39, 0.29) is 17.7 Å². The summed E-state index contributed by atoms with van der Waals surface area (Å²) in [5.41, 5.74) is 2.08. The van der Waals surface area contributed by atoms with Crippen molar-refractivity contribution in [1.29, 1.82) is 0 Å². The van der Waals surface area contributed by atoms with E-state index in [4.69, 9.17) is 0 Å². The summed E-state index contributed by atoms with van der Waals surface area (Å²) in [5, 5.41) is 9.20. The highest BCUT2D eigenvalue weighted by Gasteiger charge is 2.35. The lowest BCUT2D eigenvalue weighted by Gasteiger charge is -2.34. The molecule has 19 heavy (non-hydrogen) atoms. The van der Waals surface area contributed by atoms with Gasteiger partial charge in [0.2, 0.25) is 5.91 Å². The summed E-state index contributed by atoms with van der Waals surface area (Å²) >= 11 is 0. The van der Waals surface area contributed by atoms with Gasteiger partial charge in [0.05, 0.1) is 5.92 Å². The molecule has 4 nitrogen and oxygen atoms in total. The number of fused-ring (bicyclic) bond motifs is 2. The maximum absolute atomic E-state index is 12.2. The number of carboxylic acids is 1. The predicted octanol–water partition coefficient (Wildman–Crippen LogP) is 2.10. The number of nitrogens with zero attached hydrogens (tertiary/aromatic N) is 1. The van der Waals surface area contributed by atoms with Gasteiger partial charge in [0.1, 0.15) is 0 Å². The van der Waals surface area contributed by atoms with Crippen LogP contribution >= 0.6 is 0 Å². The van der Waals surface area contributed by atoms with Gasteiger partial charge in [-0.2, -0.15) is 0 Å². The first-order chi connectivity index (χ1) is 9.16. The molecule has 0 aromatic rings. The standard InChI is InChI=1S/C15H17NO3/c17-14-6-5-10-3-1-2-4-12(10)13-9-11(15(18)19)7-8-16(13)14/h1-4,10-11H,5-9H2,(H,18,19). The topological polar surface area (TPSA) is 57.6 Å². The Bertz CT molecular complexity index is 515. The summed E-state index contributed by atoms with van der Waals surface area (Å²) in [7, 11) is 0. The van der Waals surface area contributed by atoms with E-state index in [1.165, 1.54) is 0 Å². The Hall–Kier alpha value is -1.84. The molecule has 0 bridgehead atoms. The van der Waals surface area contributed by atoms with Crippen molar-refractivity contribution in [3.63, 3.8) is 0 Å². The van der Waals surface area contributed by atoms with Gasteiger partial charge in [0, 0.05) is 31.0 Å². The Balaban J connectivity index is 2.01. The van der Waals surface area contributed by atoms with E-state index < -0.39 is 5.97 Å². The Morgan fingerprint density at radius 3 is 2.95 bits per heavy atom. The number of carbonyl (C=O) groups excluding carboxylic acids is 1. The number of allylic oxidation sites excluding steroid dienone is 6. The van der Waals surface area contributed by atoms with E-state index in [0.29, 0.717) is 25.8 Å². The van der Waals surface area contributed by atoms with Gasteiger partial charge in [-0.25, -0.2) is 0 Å². The van der Waals surface area contributed by atoms with Crippen LogP contribution < -0.4 is 0 Å². The zero-order chi connectivity index (χ0) is 13.4. The SMILES string of the molecule is O=C(O)C1CCN2C(=O)CCC3C=CC=CC3=C2C1. The molecule has 3 rings (SSSR count). The summed E-state index contributed by atoms with van der Waals surface area (Å²) in [6, 6.07) is 0. The van der Waals surface area contributed by atoms with Crippen molar-refractivity contribution in [2.75, 3.05) is 6.54 Å². The molecule has 100 valence electrons. The highest BCUT2D eigenvalue weighted by atomic mass is 16.4. The minimum Gasteiger partial charge on any atom is -0.481 e. The van der Waals surface area contributed by atoms with Gasteiger partial charge in [-0.05, 0) is 18.4 Å². The summed E-state index contributed by atoms with van der Waals surface area (Å²) in [5.74, 6) is -0.704. The molecule has 0 radical (unpaired) electrons. The van der Waals surface area contributed by atoms with Gasteiger partial charge in [-0.15, -0.1) is 0 Å². The van der Waals surface area contributed by atoms with Crippen LogP contribution in [0.25, 0.3) is 0 Å². The molecule has 0 saturated carbocycles. The minimum absolute atomic E-state index is 0.141. The van der Waals surface area contributed by atoms with Crippen molar-refractivity contribution in [2.45, 2.75) is 25.7 Å². The van der Waals surface area contributed by atoms with Gasteiger partial charge >= 0.3 is 5.97 Å². The third-order valence-corrected chi connectivity index (χ3v) is 4.25. The van der Waals surface area contributed by atoms with Gasteiger partial charge in [0.25, 0.3) is 0 Å². The fourth-order valence-corrected chi connectivity index (χ4v) is 3.19. The molecule has 2 heterocycles. The molecular formula is C15H17NO3. The lowest BCUT2D eigenvalue weighted by atomic mass is 9.86. The van der Waals surface area contributed by atoms with E-state index in [1.54, 1.807) is 0 Å². The van der Waals surface area contributed by atoms with Crippen LogP contribution in [0.15, 0.2) is 35.6 Å². The number of aliphatic carboxylic acids is 1. The monoisotopic (exact) mass is 259 g/mol. The van der Waals surface area contributed by atoms with Crippen molar-refractivity contribution < 1.29 is 14.7 Å². The molecule has 0 aromatic heterocycles. The summed E-state index contributed by atoms with van der Waals surface area (Å²) in [6.45, 7) is 0.541. The van der Waals surface area contributed by atoms with E-state index in [2.05, 4.69) is 6.08 Å². The molecule has 1 saturated heterocycles. The van der Waals surface area contributed by atoms with Crippen molar-refractivity contribution in [3.8, 4) is 0 Å². The van der Waals surface area contributed by atoms with Crippen molar-refractivity contribution in [3.05, 3.63) is 35.6 Å². The summed E-state index contributed by atoms with van der Waals surface area (Å²) in [6.07, 6.45) is 10.5. The van der Waals surface area contributed by atoms with Crippen molar-refractivity contribution >= 4 is 11.9 Å². The fraction of sp³-hybridized carbons (Fsp3) is 0.467. The summed E-state index contributed by atoms with van der Waals surface area (Å²) < 4.78 is 0. The molecule has 1 fully saturated rings. The molecule has 1 aliphatic carbocycles. The molecular weight excluding hydrogens is 242 g/mol. The fourth-order valence-electron chi connectivity index (χ4n) is 3.19. The number of carbonyl (C=O) groups is 2. The van der Waals surface area contributed by atoms with Crippen LogP contribution in [0.4, 0.5) is 0 Å². The quantitative estimate of drug-likeness (QED) is 0.784. The highest BCUT2D eigenvalue weighted by Crippen LogP contribution is 2.37. The first kappa shape index (κ1) is 12.2. The molecule has 0 aromatic carbocycles.